The number of carbonyl (C=O) groups excluding carboxylic acids is 1. The Morgan fingerprint density at radius 1 is 1.00 bits per heavy atom. The van der Waals surface area contributed by atoms with Crippen LogP contribution in [0.2, 0.25) is 5.02 Å². The molecular formula is C22H23ClN4O. The van der Waals surface area contributed by atoms with E-state index in [4.69, 9.17) is 11.6 Å². The molecule has 0 N–H and O–H groups in total. The molecule has 2 aromatic carbocycles. The molecule has 0 bridgehead atoms. The predicted molar refractivity (Wildman–Crippen MR) is 116 cm³/mol. The quantitative estimate of drug-likeness (QED) is 0.675. The first-order chi connectivity index (χ1) is 13.5. The molecule has 2 heterocycles. The second-order valence-corrected chi connectivity index (χ2v) is 7.65. The van der Waals surface area contributed by atoms with E-state index >= 15 is 0 Å². The van der Waals surface area contributed by atoms with Gasteiger partial charge in [0.1, 0.15) is 0 Å². The number of hydrogen-bond donors (Lipinski definition) is 0. The van der Waals surface area contributed by atoms with Crippen LogP contribution in [0.1, 0.15) is 10.4 Å². The summed E-state index contributed by atoms with van der Waals surface area (Å²) in [6.45, 7) is 2.99. The molecule has 1 fully saturated rings. The number of rotatable bonds is 3. The summed E-state index contributed by atoms with van der Waals surface area (Å²) in [6, 6.07) is 15.6. The predicted octanol–water partition coefficient (Wildman–Crippen LogP) is 3.92. The molecule has 0 unspecified atom stereocenters. The Morgan fingerprint density at radius 2 is 1.71 bits per heavy atom. The number of halogens is 1. The van der Waals surface area contributed by atoms with Crippen LogP contribution in [-0.2, 0) is 0 Å². The molecule has 0 aliphatic carbocycles. The van der Waals surface area contributed by atoms with E-state index in [0.717, 1.165) is 40.9 Å². The van der Waals surface area contributed by atoms with Crippen LogP contribution >= 0.6 is 11.6 Å². The van der Waals surface area contributed by atoms with E-state index in [-0.39, 0.29) is 5.91 Å². The molecule has 1 aromatic heterocycles. The summed E-state index contributed by atoms with van der Waals surface area (Å²) in [5.74, 6) is 0.0938. The lowest BCUT2D eigenvalue weighted by atomic mass is 10.1. The van der Waals surface area contributed by atoms with Gasteiger partial charge in [-0.2, -0.15) is 0 Å². The number of amides is 1. The minimum Gasteiger partial charge on any atom is -0.378 e. The SMILES string of the molecule is CN(C)c1ccc(C(=O)N2CCN(c3ccnc4cc(Cl)ccc34)CC2)cc1. The molecule has 1 aliphatic rings. The number of benzene rings is 2. The van der Waals surface area contributed by atoms with Crippen LogP contribution in [-0.4, -0.2) is 56.1 Å². The summed E-state index contributed by atoms with van der Waals surface area (Å²) in [6.07, 6.45) is 1.82. The molecule has 6 heteroatoms. The molecule has 4 rings (SSSR count). The highest BCUT2D eigenvalue weighted by atomic mass is 35.5. The molecule has 0 spiro atoms. The number of aromatic nitrogens is 1. The maximum Gasteiger partial charge on any atom is 0.253 e. The lowest BCUT2D eigenvalue weighted by Gasteiger charge is -2.36. The van der Waals surface area contributed by atoms with Gasteiger partial charge in [-0.05, 0) is 48.5 Å². The monoisotopic (exact) mass is 394 g/mol. The number of nitrogens with zero attached hydrogens (tertiary/aromatic N) is 4. The number of anilines is 2. The Morgan fingerprint density at radius 3 is 2.39 bits per heavy atom. The minimum absolute atomic E-state index is 0.0938. The average molecular weight is 395 g/mol. The maximum atomic E-state index is 12.8. The van der Waals surface area contributed by atoms with Gasteiger partial charge in [-0.25, -0.2) is 0 Å². The fourth-order valence-corrected chi connectivity index (χ4v) is 3.78. The molecule has 3 aromatic rings. The number of carbonyl (C=O) groups is 1. The zero-order valence-electron chi connectivity index (χ0n) is 16.1. The van der Waals surface area contributed by atoms with Gasteiger partial charge in [-0.15, -0.1) is 0 Å². The first-order valence-electron chi connectivity index (χ1n) is 9.39. The molecule has 28 heavy (non-hydrogen) atoms. The van der Waals surface area contributed by atoms with E-state index in [1.54, 1.807) is 0 Å². The highest BCUT2D eigenvalue weighted by Crippen LogP contribution is 2.28. The second-order valence-electron chi connectivity index (χ2n) is 7.21. The average Bonchev–Trinajstić information content (AvgIpc) is 2.73. The molecule has 1 amide bonds. The third-order valence-electron chi connectivity index (χ3n) is 5.22. The van der Waals surface area contributed by atoms with Gasteiger partial charge in [0.2, 0.25) is 0 Å². The first-order valence-corrected chi connectivity index (χ1v) is 9.76. The lowest BCUT2D eigenvalue weighted by molar-refractivity contribution is 0.0747. The Bertz CT molecular complexity index is 995. The van der Waals surface area contributed by atoms with E-state index in [0.29, 0.717) is 18.1 Å². The van der Waals surface area contributed by atoms with Crippen molar-refractivity contribution in [1.29, 1.82) is 0 Å². The molecule has 1 aliphatic heterocycles. The molecular weight excluding hydrogens is 372 g/mol. The van der Waals surface area contributed by atoms with Gasteiger partial charge >= 0.3 is 0 Å². The van der Waals surface area contributed by atoms with Crippen molar-refractivity contribution in [2.75, 3.05) is 50.1 Å². The maximum absolute atomic E-state index is 12.8. The smallest absolute Gasteiger partial charge is 0.253 e. The third kappa shape index (κ3) is 3.62. The summed E-state index contributed by atoms with van der Waals surface area (Å²) >= 11 is 6.10. The summed E-state index contributed by atoms with van der Waals surface area (Å²) < 4.78 is 0. The topological polar surface area (TPSA) is 39.7 Å². The van der Waals surface area contributed by atoms with Crippen molar-refractivity contribution in [2.45, 2.75) is 0 Å². The van der Waals surface area contributed by atoms with Gasteiger partial charge in [0, 0.05) is 73.8 Å². The zero-order chi connectivity index (χ0) is 19.7. The van der Waals surface area contributed by atoms with Gasteiger partial charge in [-0.1, -0.05) is 11.6 Å². The highest BCUT2D eigenvalue weighted by molar-refractivity contribution is 6.31. The summed E-state index contributed by atoms with van der Waals surface area (Å²) in [7, 11) is 3.99. The largest absolute Gasteiger partial charge is 0.378 e. The Hall–Kier alpha value is -2.79. The third-order valence-corrected chi connectivity index (χ3v) is 5.46. The van der Waals surface area contributed by atoms with Crippen molar-refractivity contribution in [2.24, 2.45) is 0 Å². The van der Waals surface area contributed by atoms with E-state index in [2.05, 4.69) is 9.88 Å². The van der Waals surface area contributed by atoms with Crippen molar-refractivity contribution < 1.29 is 4.79 Å². The summed E-state index contributed by atoms with van der Waals surface area (Å²) in [4.78, 5) is 23.5. The summed E-state index contributed by atoms with van der Waals surface area (Å²) in [5.41, 5.74) is 3.86. The molecule has 0 saturated carbocycles. The number of fused-ring (bicyclic) bond motifs is 1. The van der Waals surface area contributed by atoms with Crippen molar-refractivity contribution in [3.63, 3.8) is 0 Å². The van der Waals surface area contributed by atoms with Gasteiger partial charge in [0.15, 0.2) is 0 Å². The molecule has 144 valence electrons. The second kappa shape index (κ2) is 7.68. The molecule has 5 nitrogen and oxygen atoms in total. The van der Waals surface area contributed by atoms with Crippen LogP contribution in [0.5, 0.6) is 0 Å². The van der Waals surface area contributed by atoms with E-state index in [1.165, 1.54) is 0 Å². The normalized spacial score (nSPS) is 14.4. The van der Waals surface area contributed by atoms with Crippen LogP contribution in [0.3, 0.4) is 0 Å². The van der Waals surface area contributed by atoms with Gasteiger partial charge in [0.05, 0.1) is 5.52 Å². The molecule has 0 atom stereocenters. The van der Waals surface area contributed by atoms with E-state index in [1.807, 2.05) is 78.6 Å². The van der Waals surface area contributed by atoms with Crippen molar-refractivity contribution in [3.05, 3.63) is 65.3 Å². The highest BCUT2D eigenvalue weighted by Gasteiger charge is 2.23. The van der Waals surface area contributed by atoms with Crippen LogP contribution in [0.15, 0.2) is 54.7 Å². The minimum atomic E-state index is 0.0938. The van der Waals surface area contributed by atoms with E-state index < -0.39 is 0 Å². The Kier molecular flexibility index (Phi) is 5.09. The van der Waals surface area contributed by atoms with Crippen LogP contribution in [0.25, 0.3) is 10.9 Å². The van der Waals surface area contributed by atoms with Crippen molar-refractivity contribution in [1.82, 2.24) is 9.88 Å². The van der Waals surface area contributed by atoms with Gasteiger partial charge in [-0.3, -0.25) is 9.78 Å². The number of hydrogen-bond acceptors (Lipinski definition) is 4. The zero-order valence-corrected chi connectivity index (χ0v) is 16.9. The fourth-order valence-electron chi connectivity index (χ4n) is 3.62. The Balaban J connectivity index is 1.47. The van der Waals surface area contributed by atoms with E-state index in [9.17, 15) is 4.79 Å². The summed E-state index contributed by atoms with van der Waals surface area (Å²) in [5, 5.41) is 1.78. The first kappa shape index (κ1) is 18.6. The van der Waals surface area contributed by atoms with Gasteiger partial charge in [0.25, 0.3) is 5.91 Å². The van der Waals surface area contributed by atoms with Crippen LogP contribution in [0, 0.1) is 0 Å². The van der Waals surface area contributed by atoms with Gasteiger partial charge < -0.3 is 14.7 Å². The molecule has 1 saturated heterocycles. The van der Waals surface area contributed by atoms with Crippen LogP contribution in [0.4, 0.5) is 11.4 Å². The standard InChI is InChI=1S/C22H23ClN4O/c1-25(2)18-6-3-16(4-7-18)22(28)27-13-11-26(12-14-27)21-9-10-24-20-15-17(23)5-8-19(20)21/h3-10,15H,11-14H2,1-2H3. The Labute approximate surface area is 170 Å². The van der Waals surface area contributed by atoms with Crippen molar-refractivity contribution in [3.8, 4) is 0 Å². The molecule has 0 radical (unpaired) electrons. The fraction of sp³-hybridized carbons (Fsp3) is 0.273. The lowest BCUT2D eigenvalue weighted by Crippen LogP contribution is -2.48. The van der Waals surface area contributed by atoms with Crippen molar-refractivity contribution >= 4 is 39.8 Å². The number of piperazine rings is 1. The van der Waals surface area contributed by atoms with Crippen LogP contribution < -0.4 is 9.80 Å². The number of pyridine rings is 1.